The van der Waals surface area contributed by atoms with Crippen LogP contribution in [0.5, 0.6) is 0 Å². The molecule has 0 aliphatic rings. The van der Waals surface area contributed by atoms with Gasteiger partial charge in [-0.1, -0.05) is 12.1 Å². The molecule has 1 N–H and O–H groups in total. The molecule has 4 heteroatoms. The number of hydrogen-bond donors (Lipinski definition) is 1. The molecule has 0 bridgehead atoms. The summed E-state index contributed by atoms with van der Waals surface area (Å²) in [7, 11) is 0. The molecule has 0 aliphatic heterocycles. The van der Waals surface area contributed by atoms with E-state index in [1.807, 2.05) is 32.0 Å². The third-order valence-corrected chi connectivity index (χ3v) is 3.73. The lowest BCUT2D eigenvalue weighted by molar-refractivity contribution is 0.984. The molecular formula is C14H15N3S. The van der Waals surface area contributed by atoms with Crippen LogP contribution in [0.4, 0.5) is 5.69 Å². The Labute approximate surface area is 111 Å². The van der Waals surface area contributed by atoms with Gasteiger partial charge in [0.15, 0.2) is 0 Å². The maximum atomic E-state index is 9.06. The van der Waals surface area contributed by atoms with Gasteiger partial charge in [-0.25, -0.2) is 4.98 Å². The highest BCUT2D eigenvalue weighted by Gasteiger charge is 2.05. The first-order chi connectivity index (χ1) is 8.70. The Hall–Kier alpha value is -1.86. The first-order valence-corrected chi connectivity index (χ1v) is 6.73. The summed E-state index contributed by atoms with van der Waals surface area (Å²) in [6, 6.07) is 7.97. The van der Waals surface area contributed by atoms with Crippen LogP contribution in [0.25, 0.3) is 0 Å². The normalized spacial score (nSPS) is 10.1. The fourth-order valence-corrected chi connectivity index (χ4v) is 2.58. The van der Waals surface area contributed by atoms with E-state index in [1.54, 1.807) is 11.3 Å². The predicted molar refractivity (Wildman–Crippen MR) is 74.9 cm³/mol. The minimum atomic E-state index is 0.699. The zero-order valence-electron chi connectivity index (χ0n) is 10.5. The summed E-state index contributed by atoms with van der Waals surface area (Å²) in [5, 5.41) is 15.6. The second-order valence-corrected chi connectivity index (χ2v) is 5.11. The minimum absolute atomic E-state index is 0.699. The lowest BCUT2D eigenvalue weighted by Crippen LogP contribution is -2.07. The number of nitrogens with zero attached hydrogens (tertiary/aromatic N) is 2. The maximum absolute atomic E-state index is 9.06. The number of nitriles is 1. The van der Waals surface area contributed by atoms with Gasteiger partial charge in [0.05, 0.1) is 16.3 Å². The minimum Gasteiger partial charge on any atom is -0.383 e. The molecule has 3 nitrogen and oxygen atoms in total. The standard InChI is InChI=1S/C14H15N3S/c1-10-4-3-5-12(8-15)14(10)16-7-6-13-17-11(2)9-18-13/h3-5,9,16H,6-7H2,1-2H3. The number of para-hydroxylation sites is 1. The molecular weight excluding hydrogens is 242 g/mol. The van der Waals surface area contributed by atoms with Gasteiger partial charge in [-0.05, 0) is 25.5 Å². The Morgan fingerprint density at radius 3 is 2.89 bits per heavy atom. The molecule has 0 unspecified atom stereocenters. The molecule has 0 aliphatic carbocycles. The molecule has 0 amide bonds. The lowest BCUT2D eigenvalue weighted by atomic mass is 10.1. The number of anilines is 1. The van der Waals surface area contributed by atoms with E-state index in [4.69, 9.17) is 5.26 Å². The number of aromatic nitrogens is 1. The summed E-state index contributed by atoms with van der Waals surface area (Å²) in [5.74, 6) is 0. The van der Waals surface area contributed by atoms with Gasteiger partial charge in [0, 0.05) is 24.0 Å². The average Bonchev–Trinajstić information content (AvgIpc) is 2.77. The molecule has 2 aromatic rings. The van der Waals surface area contributed by atoms with Gasteiger partial charge in [-0.15, -0.1) is 11.3 Å². The van der Waals surface area contributed by atoms with Crippen molar-refractivity contribution in [1.29, 1.82) is 5.26 Å². The van der Waals surface area contributed by atoms with E-state index in [-0.39, 0.29) is 0 Å². The SMILES string of the molecule is Cc1csc(CCNc2c(C)cccc2C#N)n1. The van der Waals surface area contributed by atoms with Crippen LogP contribution in [0.15, 0.2) is 23.6 Å². The molecule has 0 atom stereocenters. The summed E-state index contributed by atoms with van der Waals surface area (Å²) >= 11 is 1.68. The number of rotatable bonds is 4. The number of benzene rings is 1. The highest BCUT2D eigenvalue weighted by atomic mass is 32.1. The van der Waals surface area contributed by atoms with E-state index in [0.717, 1.165) is 34.9 Å². The second-order valence-electron chi connectivity index (χ2n) is 4.17. The van der Waals surface area contributed by atoms with Crippen molar-refractivity contribution >= 4 is 17.0 Å². The molecule has 1 aromatic carbocycles. The van der Waals surface area contributed by atoms with Crippen molar-refractivity contribution in [3.63, 3.8) is 0 Å². The van der Waals surface area contributed by atoms with Gasteiger partial charge in [0.25, 0.3) is 0 Å². The molecule has 0 fully saturated rings. The fourth-order valence-electron chi connectivity index (χ4n) is 1.81. The molecule has 1 aromatic heterocycles. The lowest BCUT2D eigenvalue weighted by Gasteiger charge is -2.10. The van der Waals surface area contributed by atoms with E-state index in [0.29, 0.717) is 5.56 Å². The Morgan fingerprint density at radius 2 is 2.22 bits per heavy atom. The smallest absolute Gasteiger partial charge is 0.101 e. The van der Waals surface area contributed by atoms with Gasteiger partial charge < -0.3 is 5.32 Å². The van der Waals surface area contributed by atoms with E-state index >= 15 is 0 Å². The van der Waals surface area contributed by atoms with E-state index in [1.165, 1.54) is 0 Å². The Kier molecular flexibility index (Phi) is 3.96. The van der Waals surface area contributed by atoms with Crippen LogP contribution in [0.2, 0.25) is 0 Å². The first-order valence-electron chi connectivity index (χ1n) is 5.85. The van der Waals surface area contributed by atoms with Crippen LogP contribution < -0.4 is 5.32 Å². The molecule has 0 saturated carbocycles. The third kappa shape index (κ3) is 2.88. The van der Waals surface area contributed by atoms with Gasteiger partial charge in [-0.2, -0.15) is 5.26 Å². The average molecular weight is 257 g/mol. The number of hydrogen-bond acceptors (Lipinski definition) is 4. The predicted octanol–water partition coefficient (Wildman–Crippen LogP) is 3.29. The van der Waals surface area contributed by atoms with Crippen LogP contribution in [-0.2, 0) is 6.42 Å². The van der Waals surface area contributed by atoms with Crippen molar-refractivity contribution in [2.45, 2.75) is 20.3 Å². The van der Waals surface area contributed by atoms with E-state index in [9.17, 15) is 0 Å². The first kappa shape index (κ1) is 12.6. The Balaban J connectivity index is 2.00. The summed E-state index contributed by atoms with van der Waals surface area (Å²) in [5.41, 5.74) is 3.81. The van der Waals surface area contributed by atoms with Crippen LogP contribution in [0, 0.1) is 25.2 Å². The van der Waals surface area contributed by atoms with Crippen LogP contribution in [0.3, 0.4) is 0 Å². The van der Waals surface area contributed by atoms with E-state index in [2.05, 4.69) is 21.8 Å². The van der Waals surface area contributed by atoms with Gasteiger partial charge >= 0.3 is 0 Å². The molecule has 0 spiro atoms. The quantitative estimate of drug-likeness (QED) is 0.914. The number of aryl methyl sites for hydroxylation is 2. The highest BCUT2D eigenvalue weighted by Crippen LogP contribution is 2.19. The summed E-state index contributed by atoms with van der Waals surface area (Å²) < 4.78 is 0. The number of nitrogens with one attached hydrogen (secondary N) is 1. The van der Waals surface area contributed by atoms with Crippen molar-refractivity contribution < 1.29 is 0 Å². The molecule has 2 rings (SSSR count). The summed E-state index contributed by atoms with van der Waals surface area (Å²) in [6.07, 6.45) is 0.887. The van der Waals surface area contributed by atoms with Crippen LogP contribution in [-0.4, -0.2) is 11.5 Å². The Bertz CT molecular complexity index is 581. The maximum Gasteiger partial charge on any atom is 0.101 e. The topological polar surface area (TPSA) is 48.7 Å². The molecule has 18 heavy (non-hydrogen) atoms. The van der Waals surface area contributed by atoms with Crippen molar-refractivity contribution in [1.82, 2.24) is 4.98 Å². The molecule has 0 saturated heterocycles. The monoisotopic (exact) mass is 257 g/mol. The molecule has 1 heterocycles. The molecule has 0 radical (unpaired) electrons. The zero-order valence-corrected chi connectivity index (χ0v) is 11.3. The van der Waals surface area contributed by atoms with Crippen LogP contribution >= 0.6 is 11.3 Å². The van der Waals surface area contributed by atoms with E-state index < -0.39 is 0 Å². The summed E-state index contributed by atoms with van der Waals surface area (Å²) in [4.78, 5) is 4.42. The van der Waals surface area contributed by atoms with Crippen LogP contribution in [0.1, 0.15) is 21.8 Å². The van der Waals surface area contributed by atoms with Crippen molar-refractivity contribution in [3.8, 4) is 6.07 Å². The number of thiazole rings is 1. The van der Waals surface area contributed by atoms with Crippen molar-refractivity contribution in [2.24, 2.45) is 0 Å². The third-order valence-electron chi connectivity index (χ3n) is 2.70. The Morgan fingerprint density at radius 1 is 1.39 bits per heavy atom. The van der Waals surface area contributed by atoms with Crippen molar-refractivity contribution in [2.75, 3.05) is 11.9 Å². The van der Waals surface area contributed by atoms with Crippen molar-refractivity contribution in [3.05, 3.63) is 45.4 Å². The largest absolute Gasteiger partial charge is 0.383 e. The van der Waals surface area contributed by atoms with Gasteiger partial charge in [-0.3, -0.25) is 0 Å². The summed E-state index contributed by atoms with van der Waals surface area (Å²) in [6.45, 7) is 4.81. The second kappa shape index (κ2) is 5.65. The van der Waals surface area contributed by atoms with Gasteiger partial charge in [0.1, 0.15) is 6.07 Å². The van der Waals surface area contributed by atoms with Gasteiger partial charge in [0.2, 0.25) is 0 Å². The fraction of sp³-hybridized carbons (Fsp3) is 0.286. The zero-order chi connectivity index (χ0) is 13.0. The molecule has 92 valence electrons. The highest BCUT2D eigenvalue weighted by molar-refractivity contribution is 7.09.